The van der Waals surface area contributed by atoms with Crippen LogP contribution in [0.4, 0.5) is 47.3 Å². The number of halogens is 7. The van der Waals surface area contributed by atoms with Gasteiger partial charge in [-0.3, -0.25) is 14.4 Å². The molecular formula is C63H76ClF6N11O4S2. The van der Waals surface area contributed by atoms with Crippen LogP contribution in [0, 0.1) is 10.8 Å². The largest absolute Gasteiger partial charge is 0.398 e. The molecule has 0 radical (unpaired) electrons. The van der Waals surface area contributed by atoms with Gasteiger partial charge in [-0.15, -0.1) is 22.7 Å². The Hall–Kier alpha value is -6.53. The van der Waals surface area contributed by atoms with Crippen LogP contribution in [0.25, 0.3) is 20.9 Å². The highest BCUT2D eigenvalue weighted by molar-refractivity contribution is 7.13. The van der Waals surface area contributed by atoms with E-state index >= 15 is 0 Å². The summed E-state index contributed by atoms with van der Waals surface area (Å²) in [6.45, 7) is 8.94. The van der Waals surface area contributed by atoms with Crippen molar-refractivity contribution in [3.8, 4) is 20.9 Å². The lowest BCUT2D eigenvalue weighted by Crippen LogP contribution is -2.52. The molecule has 9 heterocycles. The summed E-state index contributed by atoms with van der Waals surface area (Å²) in [5, 5.41) is 9.67. The van der Waals surface area contributed by atoms with Crippen LogP contribution >= 0.6 is 34.3 Å². The van der Waals surface area contributed by atoms with Gasteiger partial charge in [0.1, 0.15) is 11.6 Å². The number of amides is 3. The number of benzene rings is 2. The molecule has 3 amide bonds. The van der Waals surface area contributed by atoms with Crippen molar-refractivity contribution in [2.45, 2.75) is 122 Å². The fourth-order valence-corrected chi connectivity index (χ4v) is 12.5. The summed E-state index contributed by atoms with van der Waals surface area (Å²) in [6.07, 6.45) is 11.1. The van der Waals surface area contributed by atoms with Gasteiger partial charge in [0.05, 0.1) is 11.1 Å². The van der Waals surface area contributed by atoms with Crippen molar-refractivity contribution >= 4 is 68.6 Å². The first-order valence-electron chi connectivity index (χ1n) is 29.4. The van der Waals surface area contributed by atoms with Gasteiger partial charge in [-0.05, 0) is 131 Å². The normalized spacial score (nSPS) is 19.2. The summed E-state index contributed by atoms with van der Waals surface area (Å²) in [7, 11) is 0. The topological polar surface area (TPSA) is 206 Å². The molecule has 11 rings (SSSR count). The van der Waals surface area contributed by atoms with E-state index in [0.717, 1.165) is 83.0 Å². The van der Waals surface area contributed by atoms with E-state index in [2.05, 4.69) is 50.5 Å². The molecule has 5 saturated heterocycles. The van der Waals surface area contributed by atoms with Gasteiger partial charge >= 0.3 is 11.4 Å². The second-order valence-corrected chi connectivity index (χ2v) is 26.0. The zero-order chi connectivity index (χ0) is 62.4. The van der Waals surface area contributed by atoms with E-state index in [1.54, 1.807) is 57.3 Å². The number of carbonyl (C=O) groups is 4. The van der Waals surface area contributed by atoms with Gasteiger partial charge in [-0.25, -0.2) is 51.1 Å². The third kappa shape index (κ3) is 19.7. The van der Waals surface area contributed by atoms with Crippen LogP contribution in [0.5, 0.6) is 0 Å². The van der Waals surface area contributed by atoms with Gasteiger partial charge in [0.2, 0.25) is 0 Å². The molecule has 0 aliphatic carbocycles. The second-order valence-electron chi connectivity index (χ2n) is 23.8. The minimum Gasteiger partial charge on any atom is -0.398 e. The van der Waals surface area contributed by atoms with Gasteiger partial charge in [0.25, 0.3) is 17.8 Å². The summed E-state index contributed by atoms with van der Waals surface area (Å²) in [6, 6.07) is 19.6. The molecule has 0 saturated carbocycles. The number of carbonyl (C=O) groups excluding carboxylic acids is 4. The summed E-state index contributed by atoms with van der Waals surface area (Å²) < 4.78 is 76.2. The molecule has 5 fully saturated rings. The summed E-state index contributed by atoms with van der Waals surface area (Å²) >= 11 is 8.40. The lowest BCUT2D eigenvalue weighted by molar-refractivity contribution is -0.0501. The van der Waals surface area contributed by atoms with Crippen LogP contribution in [0.2, 0.25) is 0 Å². The molecule has 5 aliphatic heterocycles. The third-order valence-electron chi connectivity index (χ3n) is 16.7. The molecule has 6 aromatic rings. The molecule has 0 unspecified atom stereocenters. The van der Waals surface area contributed by atoms with E-state index < -0.39 is 23.1 Å². The Morgan fingerprint density at radius 3 is 1.23 bits per heavy atom. The number of thiophene rings is 2. The predicted molar refractivity (Wildman–Crippen MR) is 330 cm³/mol. The fourth-order valence-electron chi connectivity index (χ4n) is 10.9. The zero-order valence-corrected chi connectivity index (χ0v) is 51.5. The first kappa shape index (κ1) is 66.4. The van der Waals surface area contributed by atoms with Crippen LogP contribution < -0.4 is 22.1 Å². The number of hydrogen-bond acceptors (Lipinski definition) is 14. The van der Waals surface area contributed by atoms with Gasteiger partial charge in [-0.1, -0.05) is 38.1 Å². The van der Waals surface area contributed by atoms with Gasteiger partial charge in [0, 0.05) is 162 Å². The Morgan fingerprint density at radius 2 is 0.874 bits per heavy atom. The van der Waals surface area contributed by atoms with Crippen molar-refractivity contribution in [3.63, 3.8) is 0 Å². The van der Waals surface area contributed by atoms with E-state index in [1.165, 1.54) is 4.90 Å². The Balaban J connectivity index is 0.000000177. The van der Waals surface area contributed by atoms with E-state index in [-0.39, 0.29) is 106 Å². The second kappa shape index (κ2) is 29.6. The molecule has 15 nitrogen and oxygen atoms in total. The Morgan fingerprint density at radius 1 is 0.517 bits per heavy atom. The number of ketones is 2. The molecule has 6 N–H and O–H groups in total. The van der Waals surface area contributed by atoms with E-state index in [4.69, 9.17) is 23.1 Å². The quantitative estimate of drug-likeness (QED) is 0.0297. The molecule has 0 atom stereocenters. The summed E-state index contributed by atoms with van der Waals surface area (Å²) in [4.78, 5) is 73.8. The van der Waals surface area contributed by atoms with Gasteiger partial charge in [-0.2, -0.15) is 0 Å². The third-order valence-corrected chi connectivity index (χ3v) is 18.8. The van der Waals surface area contributed by atoms with Crippen molar-refractivity contribution < 1.29 is 45.5 Å². The SMILES string of the molecule is CC1(Cc2ncc(C(=O)Cc3cc(-c4cccs4)ccc3N)cn2)CCN(C(=O)N2CCC(F)(F)CC2)CC1.CC1(Cc2ncc(C(=O)Cc3cc(-c4cccs4)ccc3N)cn2)CCNCC1.FC1(F)CCNCC1.O=C(Cl)N1CCC(F)(F)CC1. The molecule has 0 spiro atoms. The maximum atomic E-state index is 13.5. The van der Waals surface area contributed by atoms with Crippen LogP contribution in [0.15, 0.2) is 96.2 Å². The van der Waals surface area contributed by atoms with Crippen LogP contribution in [0.3, 0.4) is 0 Å². The van der Waals surface area contributed by atoms with Gasteiger partial charge < -0.3 is 36.8 Å². The number of alkyl halides is 6. The van der Waals surface area contributed by atoms with Crippen LogP contribution in [-0.2, 0) is 25.7 Å². The standard InChI is InChI=1S/C29H33F2N5O2S.C23H26N4OS.C6H8ClF2NO.C5H9F2N/c1-28(6-10-35(11-7-28)27(38)36-12-8-29(30,31)9-13-36)17-26-33-18-22(19-34-26)24(37)16-21-15-20(4-5-23(21)32)25-3-2-14-39-25;1-23(6-8-25-9-7-23)13-22-26-14-18(15-27-22)20(28)12-17-11-16(4-5-19(17)24)21-3-2-10-29-21;7-5(11)10-3-1-6(8,9)2-4-10;6-5(7)1-3-8-4-2-5/h2-5,14-15,18-19H,6-13,16-17,32H2,1H3;2-5,10-11,14-15,25H,6-9,12-13,24H2,1H3;1-4H2;8H,1-4H2. The van der Waals surface area contributed by atoms with Crippen molar-refractivity contribution in [2.24, 2.45) is 10.8 Å². The monoisotopic (exact) mass is 1260 g/mol. The molecule has 468 valence electrons. The minimum absolute atomic E-state index is 0.00694. The minimum atomic E-state index is -2.67. The lowest BCUT2D eigenvalue weighted by Gasteiger charge is -2.42. The average Bonchev–Trinajstić information content (AvgIpc) is 3.27. The number of Topliss-reactive ketones (excluding diaryl/α,β-unsaturated/α-hetero) is 2. The van der Waals surface area contributed by atoms with Gasteiger partial charge in [0.15, 0.2) is 11.6 Å². The highest BCUT2D eigenvalue weighted by Gasteiger charge is 2.40. The molecule has 4 aromatic heterocycles. The van der Waals surface area contributed by atoms with Crippen molar-refractivity contribution in [2.75, 3.05) is 76.9 Å². The highest BCUT2D eigenvalue weighted by Crippen LogP contribution is 2.37. The fraction of sp³-hybridized carbons (Fsp3) is 0.492. The van der Waals surface area contributed by atoms with Crippen molar-refractivity contribution in [1.82, 2.24) is 45.3 Å². The number of nitrogen functional groups attached to an aromatic ring is 2. The van der Waals surface area contributed by atoms with Crippen molar-refractivity contribution in [1.29, 1.82) is 0 Å². The molecule has 5 aliphatic rings. The van der Waals surface area contributed by atoms with Crippen LogP contribution in [-0.4, -0.2) is 141 Å². The number of likely N-dealkylation sites (tertiary alicyclic amines) is 3. The van der Waals surface area contributed by atoms with Crippen LogP contribution in [0.1, 0.15) is 122 Å². The van der Waals surface area contributed by atoms with E-state index in [9.17, 15) is 45.5 Å². The number of urea groups is 1. The Labute approximate surface area is 517 Å². The molecule has 87 heavy (non-hydrogen) atoms. The number of nitrogens with zero attached hydrogens (tertiary/aromatic N) is 7. The first-order valence-corrected chi connectivity index (χ1v) is 31.5. The Bertz CT molecular complexity index is 3210. The molecule has 0 bridgehead atoms. The molecule has 24 heteroatoms. The summed E-state index contributed by atoms with van der Waals surface area (Å²) in [5.74, 6) is -6.30. The maximum Gasteiger partial charge on any atom is 0.320 e. The van der Waals surface area contributed by atoms with E-state index in [1.807, 2.05) is 65.4 Å². The summed E-state index contributed by atoms with van der Waals surface area (Å²) in [5.41, 5.74) is 18.3. The molecular weight excluding hydrogens is 1190 g/mol. The number of nitrogens with two attached hydrogens (primary N) is 2. The number of piperidine rings is 5. The van der Waals surface area contributed by atoms with Crippen molar-refractivity contribution in [3.05, 3.63) is 130 Å². The number of aromatic nitrogens is 4. The maximum absolute atomic E-state index is 13.5. The molecule has 2 aromatic carbocycles. The van der Waals surface area contributed by atoms with E-state index in [0.29, 0.717) is 60.9 Å². The first-order chi connectivity index (χ1) is 41.3. The number of rotatable bonds is 12. The number of nitrogens with one attached hydrogen (secondary N) is 2. The highest BCUT2D eigenvalue weighted by atomic mass is 35.5. The Kier molecular flexibility index (Phi) is 22.6. The lowest BCUT2D eigenvalue weighted by atomic mass is 9.77. The number of hydrogen-bond donors (Lipinski definition) is 4. The average molecular weight is 1260 g/mol. The zero-order valence-electron chi connectivity index (χ0n) is 49.1. The smallest absolute Gasteiger partial charge is 0.320 e. The predicted octanol–water partition coefficient (Wildman–Crippen LogP) is 12.9. The number of anilines is 2.